The third-order valence-electron chi connectivity index (χ3n) is 5.96. The van der Waals surface area contributed by atoms with Crippen molar-refractivity contribution in [2.75, 3.05) is 19.7 Å². The highest BCUT2D eigenvalue weighted by atomic mass is 16.5. The number of ether oxygens (including phenoxy) is 1. The van der Waals surface area contributed by atoms with Crippen molar-refractivity contribution >= 4 is 18.0 Å². The van der Waals surface area contributed by atoms with Crippen molar-refractivity contribution in [2.24, 2.45) is 5.92 Å². The third-order valence-corrected chi connectivity index (χ3v) is 5.96. The molecule has 1 aliphatic carbocycles. The number of unbranched alkanes of at least 4 members (excludes halogenated alkanes) is 1. The van der Waals surface area contributed by atoms with Crippen molar-refractivity contribution in [3.05, 3.63) is 59.7 Å². The fourth-order valence-electron chi connectivity index (χ4n) is 4.29. The molecule has 1 unspecified atom stereocenters. The molecule has 7 nitrogen and oxygen atoms in total. The van der Waals surface area contributed by atoms with Crippen LogP contribution in [0, 0.1) is 5.92 Å². The normalized spacial score (nSPS) is 13.0. The van der Waals surface area contributed by atoms with Gasteiger partial charge in [-0.15, -0.1) is 0 Å². The Kier molecular flexibility index (Phi) is 8.87. The van der Waals surface area contributed by atoms with Gasteiger partial charge < -0.3 is 20.5 Å². The highest BCUT2D eigenvalue weighted by Gasteiger charge is 2.29. The van der Waals surface area contributed by atoms with Crippen LogP contribution in [0.2, 0.25) is 0 Å². The van der Waals surface area contributed by atoms with Crippen LogP contribution in [0.1, 0.15) is 56.1 Å². The van der Waals surface area contributed by atoms with Gasteiger partial charge in [0, 0.05) is 25.4 Å². The predicted octanol–water partition coefficient (Wildman–Crippen LogP) is 4.31. The second-order valence-electron chi connectivity index (χ2n) is 8.33. The molecule has 1 aliphatic rings. The lowest BCUT2D eigenvalue weighted by Crippen LogP contribution is -2.39. The van der Waals surface area contributed by atoms with Crippen molar-refractivity contribution < 1.29 is 24.2 Å². The van der Waals surface area contributed by atoms with Crippen LogP contribution in [-0.4, -0.2) is 42.8 Å². The topological polar surface area (TPSA) is 105 Å². The SMILES string of the molecule is CCCC(CNC(=O)OCC1c2ccccc2-c2ccccc21)C(=O)NCCCCC(=O)O. The number of benzene rings is 2. The average molecular weight is 453 g/mol. The van der Waals surface area contributed by atoms with Gasteiger partial charge in [-0.2, -0.15) is 0 Å². The lowest BCUT2D eigenvalue weighted by molar-refractivity contribution is -0.137. The van der Waals surface area contributed by atoms with Crippen LogP contribution >= 0.6 is 0 Å². The van der Waals surface area contributed by atoms with E-state index < -0.39 is 12.1 Å². The summed E-state index contributed by atoms with van der Waals surface area (Å²) in [6, 6.07) is 16.3. The van der Waals surface area contributed by atoms with Gasteiger partial charge in [0.1, 0.15) is 6.61 Å². The summed E-state index contributed by atoms with van der Waals surface area (Å²) in [5, 5.41) is 14.2. The van der Waals surface area contributed by atoms with Crippen LogP contribution in [0.5, 0.6) is 0 Å². The summed E-state index contributed by atoms with van der Waals surface area (Å²) in [5.74, 6) is -1.33. The maximum Gasteiger partial charge on any atom is 0.407 e. The fourth-order valence-corrected chi connectivity index (χ4v) is 4.29. The molecule has 0 saturated carbocycles. The molecule has 33 heavy (non-hydrogen) atoms. The molecule has 0 heterocycles. The van der Waals surface area contributed by atoms with E-state index in [1.54, 1.807) is 0 Å². The Bertz CT molecular complexity index is 929. The predicted molar refractivity (Wildman–Crippen MR) is 126 cm³/mol. The quantitative estimate of drug-likeness (QED) is 0.416. The molecule has 2 aromatic rings. The van der Waals surface area contributed by atoms with E-state index in [0.717, 1.165) is 17.5 Å². The molecular formula is C26H32N2O5. The molecule has 7 heteroatoms. The Labute approximate surface area is 194 Å². The van der Waals surface area contributed by atoms with E-state index in [1.807, 2.05) is 31.2 Å². The van der Waals surface area contributed by atoms with Crippen molar-refractivity contribution in [1.29, 1.82) is 0 Å². The van der Waals surface area contributed by atoms with Gasteiger partial charge >= 0.3 is 12.1 Å². The minimum Gasteiger partial charge on any atom is -0.481 e. The van der Waals surface area contributed by atoms with Crippen molar-refractivity contribution in [3.8, 4) is 11.1 Å². The zero-order valence-electron chi connectivity index (χ0n) is 19.0. The number of aliphatic carboxylic acids is 1. The van der Waals surface area contributed by atoms with Crippen molar-refractivity contribution in [3.63, 3.8) is 0 Å². The molecule has 2 amide bonds. The van der Waals surface area contributed by atoms with Gasteiger partial charge in [0.2, 0.25) is 5.91 Å². The molecule has 0 saturated heterocycles. The summed E-state index contributed by atoms with van der Waals surface area (Å²) in [4.78, 5) is 35.4. The van der Waals surface area contributed by atoms with Gasteiger partial charge in [0.05, 0.1) is 5.92 Å². The first-order chi connectivity index (χ1) is 16.0. The van der Waals surface area contributed by atoms with E-state index in [9.17, 15) is 14.4 Å². The Morgan fingerprint density at radius 3 is 2.21 bits per heavy atom. The van der Waals surface area contributed by atoms with Crippen LogP contribution in [-0.2, 0) is 14.3 Å². The first kappa shape index (κ1) is 24.3. The summed E-state index contributed by atoms with van der Waals surface area (Å²) >= 11 is 0. The number of alkyl carbamates (subject to hydrolysis) is 1. The summed E-state index contributed by atoms with van der Waals surface area (Å²) in [6.07, 6.45) is 2.14. The number of rotatable bonds is 12. The molecule has 2 aromatic carbocycles. The van der Waals surface area contributed by atoms with E-state index in [2.05, 4.69) is 34.9 Å². The maximum absolute atomic E-state index is 12.5. The molecule has 0 aromatic heterocycles. The molecule has 0 aliphatic heterocycles. The highest BCUT2D eigenvalue weighted by Crippen LogP contribution is 2.44. The van der Waals surface area contributed by atoms with Gasteiger partial charge in [0.25, 0.3) is 0 Å². The number of carboxylic acids is 1. The monoisotopic (exact) mass is 452 g/mol. The maximum atomic E-state index is 12.5. The van der Waals surface area contributed by atoms with Crippen LogP contribution < -0.4 is 10.6 Å². The lowest BCUT2D eigenvalue weighted by atomic mass is 9.98. The van der Waals surface area contributed by atoms with E-state index >= 15 is 0 Å². The zero-order valence-corrected chi connectivity index (χ0v) is 19.0. The minimum atomic E-state index is -0.836. The van der Waals surface area contributed by atoms with Crippen LogP contribution in [0.3, 0.4) is 0 Å². The standard InChI is InChI=1S/C26H32N2O5/c1-2-9-18(25(31)27-15-8-7-14-24(29)30)16-28-26(32)33-17-23-21-12-5-3-10-19(21)20-11-4-6-13-22(20)23/h3-6,10-13,18,23H,2,7-9,14-17H2,1H3,(H,27,31)(H,28,32)(H,29,30). The smallest absolute Gasteiger partial charge is 0.407 e. The number of carbonyl (C=O) groups excluding carboxylic acids is 2. The van der Waals surface area contributed by atoms with Crippen molar-refractivity contribution in [1.82, 2.24) is 10.6 Å². The first-order valence-electron chi connectivity index (χ1n) is 11.6. The molecular weight excluding hydrogens is 420 g/mol. The second kappa shape index (κ2) is 12.0. The molecule has 3 N–H and O–H groups in total. The van der Waals surface area contributed by atoms with Crippen LogP contribution in [0.15, 0.2) is 48.5 Å². The molecule has 3 rings (SSSR count). The Hall–Kier alpha value is -3.35. The minimum absolute atomic E-state index is 0.0105. The molecule has 0 radical (unpaired) electrons. The lowest BCUT2D eigenvalue weighted by Gasteiger charge is -2.18. The molecule has 176 valence electrons. The summed E-state index contributed by atoms with van der Waals surface area (Å²) < 4.78 is 5.55. The van der Waals surface area contributed by atoms with Gasteiger partial charge in [-0.3, -0.25) is 9.59 Å². The number of nitrogens with one attached hydrogen (secondary N) is 2. The molecule has 0 fully saturated rings. The van der Waals surface area contributed by atoms with Gasteiger partial charge in [-0.05, 0) is 41.5 Å². The third kappa shape index (κ3) is 6.57. The van der Waals surface area contributed by atoms with Gasteiger partial charge in [-0.25, -0.2) is 4.79 Å². The Balaban J connectivity index is 1.48. The summed E-state index contributed by atoms with van der Waals surface area (Å²) in [6.45, 7) is 2.84. The number of carbonyl (C=O) groups is 3. The van der Waals surface area contributed by atoms with E-state index in [1.165, 1.54) is 11.1 Å². The highest BCUT2D eigenvalue weighted by molar-refractivity contribution is 5.80. The fraction of sp³-hybridized carbons (Fsp3) is 0.423. The van der Waals surface area contributed by atoms with E-state index in [4.69, 9.17) is 9.84 Å². The first-order valence-corrected chi connectivity index (χ1v) is 11.6. The largest absolute Gasteiger partial charge is 0.481 e. The molecule has 1 atom stereocenters. The Morgan fingerprint density at radius 1 is 0.970 bits per heavy atom. The van der Waals surface area contributed by atoms with Crippen molar-refractivity contribution in [2.45, 2.75) is 44.9 Å². The number of amides is 2. The Morgan fingerprint density at radius 2 is 1.61 bits per heavy atom. The van der Waals surface area contributed by atoms with Gasteiger partial charge in [-0.1, -0.05) is 61.9 Å². The number of hydrogen-bond donors (Lipinski definition) is 3. The zero-order chi connectivity index (χ0) is 23.6. The van der Waals surface area contributed by atoms with Crippen LogP contribution in [0.25, 0.3) is 11.1 Å². The average Bonchev–Trinajstić information content (AvgIpc) is 3.13. The molecule has 0 spiro atoms. The van der Waals surface area contributed by atoms with Crippen LogP contribution in [0.4, 0.5) is 4.79 Å². The number of fused-ring (bicyclic) bond motifs is 3. The summed E-state index contributed by atoms with van der Waals surface area (Å²) in [5.41, 5.74) is 4.64. The number of hydrogen-bond acceptors (Lipinski definition) is 4. The molecule has 0 bridgehead atoms. The summed E-state index contributed by atoms with van der Waals surface area (Å²) in [7, 11) is 0. The number of carboxylic acid groups (broad SMARTS) is 1. The van der Waals surface area contributed by atoms with E-state index in [-0.39, 0.29) is 37.3 Å². The second-order valence-corrected chi connectivity index (χ2v) is 8.33. The van der Waals surface area contributed by atoms with Gasteiger partial charge in [0.15, 0.2) is 0 Å². The van der Waals surface area contributed by atoms with E-state index in [0.29, 0.717) is 25.8 Å².